The normalized spacial score (nSPS) is 12.1. The van der Waals surface area contributed by atoms with Crippen molar-refractivity contribution in [1.82, 2.24) is 0 Å². The summed E-state index contributed by atoms with van der Waals surface area (Å²) in [7, 11) is 0. The van der Waals surface area contributed by atoms with Crippen LogP contribution in [0.2, 0.25) is 10.0 Å². The number of nitrogens with zero attached hydrogens (tertiary/aromatic N) is 1. The number of hydrogen-bond donors (Lipinski definition) is 1. The highest BCUT2D eigenvalue weighted by molar-refractivity contribution is 6.37. The van der Waals surface area contributed by atoms with Crippen LogP contribution in [0.3, 0.4) is 0 Å². The van der Waals surface area contributed by atoms with Crippen molar-refractivity contribution in [3.8, 4) is 0 Å². The molecule has 0 unspecified atom stereocenters. The summed E-state index contributed by atoms with van der Waals surface area (Å²) in [5.74, 6) is -1.54. The first-order valence-corrected chi connectivity index (χ1v) is 7.52. The van der Waals surface area contributed by atoms with Crippen LogP contribution in [0.1, 0.15) is 16.7 Å². The van der Waals surface area contributed by atoms with Gasteiger partial charge in [0.1, 0.15) is 5.02 Å². The zero-order valence-electron chi connectivity index (χ0n) is 12.6. The third-order valence-electron chi connectivity index (χ3n) is 3.28. The van der Waals surface area contributed by atoms with E-state index in [1.165, 1.54) is 0 Å². The molecule has 0 radical (unpaired) electrons. The Balaban J connectivity index is 2.63. The molecule has 0 aliphatic heterocycles. The van der Waals surface area contributed by atoms with Gasteiger partial charge in [-0.2, -0.15) is 13.2 Å². The lowest BCUT2D eigenvalue weighted by molar-refractivity contribution is -0.385. The topological polar surface area (TPSA) is 80.4 Å². The standard InChI is InChI=1S/C16H8Cl2F3NO4/c17-10-6-11(14(22(25)26)13(18)7-10)12(15(23)24)5-8-1-3-9(4-2-8)16(19,20)21/h1-7H,(H,23,24)/b12-5+. The first kappa shape index (κ1) is 19.7. The number of nitro benzene ring substituents is 1. The zero-order valence-corrected chi connectivity index (χ0v) is 14.1. The fourth-order valence-electron chi connectivity index (χ4n) is 2.15. The molecule has 0 bridgehead atoms. The van der Waals surface area contributed by atoms with Gasteiger partial charge in [-0.25, -0.2) is 4.79 Å². The highest BCUT2D eigenvalue weighted by Gasteiger charge is 2.30. The Labute approximate surface area is 154 Å². The summed E-state index contributed by atoms with van der Waals surface area (Å²) in [5.41, 5.74) is -2.39. The van der Waals surface area contributed by atoms with Crippen molar-refractivity contribution >= 4 is 46.5 Å². The molecule has 0 atom stereocenters. The summed E-state index contributed by atoms with van der Waals surface area (Å²) < 4.78 is 37.8. The Kier molecular flexibility index (Phi) is 5.58. The predicted octanol–water partition coefficient (Wildman–Crippen LogP) is 5.55. The monoisotopic (exact) mass is 405 g/mol. The van der Waals surface area contributed by atoms with E-state index in [0.717, 1.165) is 42.5 Å². The molecular formula is C16H8Cl2F3NO4. The van der Waals surface area contributed by atoms with E-state index in [-0.39, 0.29) is 21.2 Å². The van der Waals surface area contributed by atoms with Crippen molar-refractivity contribution in [3.63, 3.8) is 0 Å². The fourth-order valence-corrected chi connectivity index (χ4v) is 2.71. The second kappa shape index (κ2) is 7.35. The van der Waals surface area contributed by atoms with E-state index in [4.69, 9.17) is 23.2 Å². The van der Waals surface area contributed by atoms with Crippen molar-refractivity contribution in [2.45, 2.75) is 6.18 Å². The second-order valence-corrected chi connectivity index (χ2v) is 5.87. The molecule has 2 aromatic rings. The summed E-state index contributed by atoms with van der Waals surface area (Å²) in [6, 6.07) is 5.76. The SMILES string of the molecule is O=C(O)/C(=C/c1ccc(C(F)(F)F)cc1)c1cc(Cl)cc(Cl)c1[N+](=O)[O-]. The van der Waals surface area contributed by atoms with E-state index in [1.807, 2.05) is 0 Å². The summed E-state index contributed by atoms with van der Waals surface area (Å²) >= 11 is 11.6. The molecule has 0 spiro atoms. The van der Waals surface area contributed by atoms with Gasteiger partial charge in [0.25, 0.3) is 5.69 Å². The van der Waals surface area contributed by atoms with E-state index >= 15 is 0 Å². The molecule has 0 amide bonds. The molecule has 2 rings (SSSR count). The second-order valence-electron chi connectivity index (χ2n) is 5.02. The lowest BCUT2D eigenvalue weighted by atomic mass is 10.0. The van der Waals surface area contributed by atoms with E-state index in [2.05, 4.69) is 0 Å². The Morgan fingerprint density at radius 2 is 1.73 bits per heavy atom. The molecule has 0 aliphatic rings. The van der Waals surface area contributed by atoms with Gasteiger partial charge in [0.15, 0.2) is 0 Å². The van der Waals surface area contributed by atoms with E-state index in [0.29, 0.717) is 0 Å². The van der Waals surface area contributed by atoms with E-state index in [1.54, 1.807) is 0 Å². The third kappa shape index (κ3) is 4.33. The minimum absolute atomic E-state index is 0.0323. The summed E-state index contributed by atoms with van der Waals surface area (Å²) in [5, 5.41) is 20.2. The molecule has 0 saturated carbocycles. The first-order chi connectivity index (χ1) is 12.0. The molecule has 26 heavy (non-hydrogen) atoms. The quantitative estimate of drug-likeness (QED) is 0.313. The molecule has 5 nitrogen and oxygen atoms in total. The zero-order chi connectivity index (χ0) is 19.6. The van der Waals surface area contributed by atoms with Gasteiger partial charge in [0, 0.05) is 5.02 Å². The number of alkyl halides is 3. The molecule has 0 saturated heterocycles. The maximum Gasteiger partial charge on any atom is 0.416 e. The maximum absolute atomic E-state index is 12.6. The van der Waals surface area contributed by atoms with Gasteiger partial charge in [0.05, 0.1) is 21.6 Å². The smallest absolute Gasteiger partial charge is 0.416 e. The predicted molar refractivity (Wildman–Crippen MR) is 90.1 cm³/mol. The van der Waals surface area contributed by atoms with Crippen molar-refractivity contribution in [1.29, 1.82) is 0 Å². The number of carboxylic acids is 1. The van der Waals surface area contributed by atoms with Crippen LogP contribution >= 0.6 is 23.2 Å². The molecule has 0 heterocycles. The Morgan fingerprint density at radius 3 is 2.19 bits per heavy atom. The number of hydrogen-bond acceptors (Lipinski definition) is 3. The van der Waals surface area contributed by atoms with Crippen LogP contribution in [-0.4, -0.2) is 16.0 Å². The summed E-state index contributed by atoms with van der Waals surface area (Å²) in [6.07, 6.45) is -3.55. The number of carbonyl (C=O) groups is 1. The molecule has 2 aromatic carbocycles. The average molecular weight is 406 g/mol. The number of nitro groups is 1. The van der Waals surface area contributed by atoms with Crippen LogP contribution in [0.15, 0.2) is 36.4 Å². The van der Waals surface area contributed by atoms with Gasteiger partial charge in [-0.15, -0.1) is 0 Å². The number of rotatable bonds is 4. The third-order valence-corrected chi connectivity index (χ3v) is 3.79. The van der Waals surface area contributed by atoms with Gasteiger partial charge < -0.3 is 5.11 Å². The first-order valence-electron chi connectivity index (χ1n) is 6.76. The highest BCUT2D eigenvalue weighted by atomic mass is 35.5. The largest absolute Gasteiger partial charge is 0.478 e. The lowest BCUT2D eigenvalue weighted by Crippen LogP contribution is -2.05. The Morgan fingerprint density at radius 1 is 1.15 bits per heavy atom. The van der Waals surface area contributed by atoms with Gasteiger partial charge >= 0.3 is 12.1 Å². The summed E-state index contributed by atoms with van der Waals surface area (Å²) in [4.78, 5) is 21.9. The molecule has 10 heteroatoms. The number of aliphatic carboxylic acids is 1. The molecule has 0 fully saturated rings. The molecule has 0 aromatic heterocycles. The van der Waals surface area contributed by atoms with Crippen LogP contribution in [0.5, 0.6) is 0 Å². The van der Waals surface area contributed by atoms with Gasteiger partial charge in [0.2, 0.25) is 0 Å². The molecular weight excluding hydrogens is 398 g/mol. The van der Waals surface area contributed by atoms with Gasteiger partial charge in [-0.3, -0.25) is 10.1 Å². The minimum Gasteiger partial charge on any atom is -0.478 e. The Hall–Kier alpha value is -2.58. The number of carboxylic acid groups (broad SMARTS) is 1. The fraction of sp³-hybridized carbons (Fsp3) is 0.0625. The van der Waals surface area contributed by atoms with E-state index < -0.39 is 33.9 Å². The molecule has 0 aliphatic carbocycles. The lowest BCUT2D eigenvalue weighted by Gasteiger charge is -2.08. The van der Waals surface area contributed by atoms with Crippen molar-refractivity contribution in [2.24, 2.45) is 0 Å². The van der Waals surface area contributed by atoms with E-state index in [9.17, 15) is 33.2 Å². The Bertz CT molecular complexity index is 909. The number of halogens is 5. The van der Waals surface area contributed by atoms with Crippen molar-refractivity contribution < 1.29 is 28.0 Å². The van der Waals surface area contributed by atoms with Crippen molar-refractivity contribution in [2.75, 3.05) is 0 Å². The minimum atomic E-state index is -4.54. The number of benzene rings is 2. The van der Waals surface area contributed by atoms with Crippen LogP contribution < -0.4 is 0 Å². The highest BCUT2D eigenvalue weighted by Crippen LogP contribution is 2.37. The van der Waals surface area contributed by atoms with Gasteiger partial charge in [-0.1, -0.05) is 35.3 Å². The summed E-state index contributed by atoms with van der Waals surface area (Å²) in [6.45, 7) is 0. The van der Waals surface area contributed by atoms with Crippen molar-refractivity contribution in [3.05, 3.63) is 73.2 Å². The van der Waals surface area contributed by atoms with Crippen LogP contribution in [0.4, 0.5) is 18.9 Å². The van der Waals surface area contributed by atoms with Crippen LogP contribution in [0.25, 0.3) is 11.6 Å². The average Bonchev–Trinajstić information content (AvgIpc) is 2.50. The molecule has 1 N–H and O–H groups in total. The van der Waals surface area contributed by atoms with Crippen LogP contribution in [0, 0.1) is 10.1 Å². The molecule has 136 valence electrons. The van der Waals surface area contributed by atoms with Gasteiger partial charge in [-0.05, 0) is 35.9 Å². The maximum atomic E-state index is 12.6. The van der Waals surface area contributed by atoms with Crippen LogP contribution in [-0.2, 0) is 11.0 Å².